The minimum Gasteiger partial charge on any atom is -0.0581 e. The summed E-state index contributed by atoms with van der Waals surface area (Å²) in [4.78, 5) is 0. The minimum absolute atomic E-state index is 0.0716. The molecule has 0 heteroatoms. The first-order chi connectivity index (χ1) is 17.1. The molecule has 0 aliphatic carbocycles. The molecule has 0 saturated heterocycles. The molecule has 0 saturated carbocycles. The van der Waals surface area contributed by atoms with E-state index in [0.29, 0.717) is 5.92 Å². The molecule has 0 spiro atoms. The molecule has 1 unspecified atom stereocenters. The van der Waals surface area contributed by atoms with Gasteiger partial charge in [0.1, 0.15) is 0 Å². The Hall–Kier alpha value is -1.56. The maximum absolute atomic E-state index is 2.59. The molecule has 2 aromatic rings. The van der Waals surface area contributed by atoms with Crippen molar-refractivity contribution in [2.24, 2.45) is 0 Å². The van der Waals surface area contributed by atoms with Gasteiger partial charge in [0.15, 0.2) is 0 Å². The molecule has 0 N–H and O–H groups in total. The van der Waals surface area contributed by atoms with Crippen LogP contribution < -0.4 is 0 Å². The fourth-order valence-electron chi connectivity index (χ4n) is 6.11. The summed E-state index contributed by atoms with van der Waals surface area (Å²) in [6.07, 6.45) is 1.06. The maximum atomic E-state index is 2.59. The van der Waals surface area contributed by atoms with Crippen LogP contribution in [0.1, 0.15) is 182 Å². The molecule has 2 rings (SSSR count). The van der Waals surface area contributed by atoms with Crippen LogP contribution in [0.15, 0.2) is 24.3 Å². The Morgan fingerprint density at radius 3 is 1.21 bits per heavy atom. The van der Waals surface area contributed by atoms with Crippen LogP contribution >= 0.6 is 0 Å². The lowest BCUT2D eigenvalue weighted by Gasteiger charge is -2.37. The molecule has 2 aromatic carbocycles. The molecule has 0 aromatic heterocycles. The summed E-state index contributed by atoms with van der Waals surface area (Å²) >= 11 is 0. The minimum atomic E-state index is 0.0716. The van der Waals surface area contributed by atoms with Gasteiger partial charge in [0.05, 0.1) is 0 Å². The van der Waals surface area contributed by atoms with Gasteiger partial charge in [-0.2, -0.15) is 0 Å². The Morgan fingerprint density at radius 2 is 0.846 bits per heavy atom. The molecule has 0 aliphatic heterocycles. The van der Waals surface area contributed by atoms with Gasteiger partial charge in [0.2, 0.25) is 0 Å². The van der Waals surface area contributed by atoms with E-state index in [4.69, 9.17) is 0 Å². The van der Waals surface area contributed by atoms with E-state index in [2.05, 4.69) is 156 Å². The van der Waals surface area contributed by atoms with Crippen molar-refractivity contribution >= 4 is 0 Å². The van der Waals surface area contributed by atoms with E-state index in [9.17, 15) is 0 Å². The zero-order chi connectivity index (χ0) is 30.7. The van der Waals surface area contributed by atoms with Crippen LogP contribution in [-0.4, -0.2) is 0 Å². The van der Waals surface area contributed by atoms with Crippen LogP contribution in [0.4, 0.5) is 0 Å². The van der Waals surface area contributed by atoms with Crippen molar-refractivity contribution in [3.8, 4) is 0 Å². The predicted octanol–water partition coefficient (Wildman–Crippen LogP) is 11.8. The molecule has 0 nitrogen and oxygen atoms in total. The Balaban J connectivity index is 2.94. The number of benzene rings is 2. The highest BCUT2D eigenvalue weighted by Crippen LogP contribution is 2.44. The largest absolute Gasteiger partial charge is 0.0581 e. The summed E-state index contributed by atoms with van der Waals surface area (Å²) in [5.41, 5.74) is 12.6. The molecule has 220 valence electrons. The van der Waals surface area contributed by atoms with Crippen molar-refractivity contribution < 1.29 is 0 Å². The van der Waals surface area contributed by atoms with E-state index in [1.54, 1.807) is 5.56 Å². The van der Waals surface area contributed by atoms with Crippen molar-refractivity contribution in [1.82, 2.24) is 0 Å². The fraction of sp³-hybridized carbons (Fsp3) is 0.692. The molecular formula is C39H64. The Morgan fingerprint density at radius 1 is 0.436 bits per heavy atom. The third-order valence-corrected chi connectivity index (χ3v) is 8.32. The smallest absolute Gasteiger partial charge is 0.0126 e. The fourth-order valence-corrected chi connectivity index (χ4v) is 6.11. The van der Waals surface area contributed by atoms with Gasteiger partial charge in [-0.1, -0.05) is 156 Å². The third kappa shape index (κ3) is 7.80. The molecule has 1 atom stereocenters. The standard InChI is InChI=1S/C39H64/c1-25(28-22-27(34(2,3)4)23-32(38(14,15)16)33(28)39(17,18)19)20-26-21-30(36(8,9)10)31(37(11,12)13)24-29(26)35(5,6)7/h21-25H,20H2,1-19H3. The second-order valence-electron chi connectivity index (χ2n) is 18.6. The van der Waals surface area contributed by atoms with Gasteiger partial charge >= 0.3 is 0 Å². The first kappa shape index (κ1) is 33.6. The first-order valence-corrected chi connectivity index (χ1v) is 15.4. The maximum Gasteiger partial charge on any atom is -0.0126 e. The summed E-state index contributed by atoms with van der Waals surface area (Å²) < 4.78 is 0. The molecule has 0 heterocycles. The van der Waals surface area contributed by atoms with E-state index in [1.165, 1.54) is 38.9 Å². The number of hydrogen-bond acceptors (Lipinski definition) is 0. The second kappa shape index (κ2) is 10.4. The Bertz CT molecular complexity index is 1160. The van der Waals surface area contributed by atoms with E-state index >= 15 is 0 Å². The van der Waals surface area contributed by atoms with Crippen LogP contribution in [0.25, 0.3) is 0 Å². The molecule has 39 heavy (non-hydrogen) atoms. The van der Waals surface area contributed by atoms with Crippen LogP contribution in [0.5, 0.6) is 0 Å². The monoisotopic (exact) mass is 533 g/mol. The summed E-state index contributed by atoms with van der Waals surface area (Å²) in [5, 5.41) is 0. The first-order valence-electron chi connectivity index (χ1n) is 15.4. The average molecular weight is 533 g/mol. The molecule has 0 aliphatic rings. The van der Waals surface area contributed by atoms with Crippen molar-refractivity contribution in [1.29, 1.82) is 0 Å². The lowest BCUT2D eigenvalue weighted by molar-refractivity contribution is 0.508. The average Bonchev–Trinajstić information content (AvgIpc) is 2.68. The molecular weight excluding hydrogens is 468 g/mol. The predicted molar refractivity (Wildman–Crippen MR) is 177 cm³/mol. The SMILES string of the molecule is CC(Cc1cc(C(C)(C)C)c(C(C)(C)C)cc1C(C)(C)C)c1cc(C(C)(C)C)cc(C(C)(C)C)c1C(C)(C)C. The highest BCUT2D eigenvalue weighted by Gasteiger charge is 2.34. The summed E-state index contributed by atoms with van der Waals surface area (Å²) in [5.74, 6) is 0.414. The van der Waals surface area contributed by atoms with Crippen molar-refractivity contribution in [2.45, 2.75) is 176 Å². The Labute approximate surface area is 244 Å². The summed E-state index contributed by atoms with van der Waals surface area (Å²) in [6.45, 7) is 45.3. The van der Waals surface area contributed by atoms with E-state index < -0.39 is 0 Å². The highest BCUT2D eigenvalue weighted by molar-refractivity contribution is 5.52. The van der Waals surface area contributed by atoms with E-state index in [0.717, 1.165) is 6.42 Å². The normalized spacial score (nSPS) is 15.1. The third-order valence-electron chi connectivity index (χ3n) is 8.32. The topological polar surface area (TPSA) is 0 Å². The molecule has 0 bridgehead atoms. The van der Waals surface area contributed by atoms with Crippen LogP contribution in [0, 0.1) is 0 Å². The Kier molecular flexibility index (Phi) is 8.94. The van der Waals surface area contributed by atoms with Gasteiger partial charge in [-0.15, -0.1) is 0 Å². The van der Waals surface area contributed by atoms with Crippen molar-refractivity contribution in [3.05, 3.63) is 68.8 Å². The van der Waals surface area contributed by atoms with E-state index in [-0.39, 0.29) is 32.5 Å². The molecule has 0 radical (unpaired) electrons. The van der Waals surface area contributed by atoms with Gasteiger partial charge in [-0.25, -0.2) is 0 Å². The van der Waals surface area contributed by atoms with Crippen LogP contribution in [0.2, 0.25) is 0 Å². The van der Waals surface area contributed by atoms with Gasteiger partial charge in [-0.05, 0) is 89.3 Å². The number of hydrogen-bond donors (Lipinski definition) is 0. The zero-order valence-electron chi connectivity index (χ0n) is 29.6. The van der Waals surface area contributed by atoms with Crippen LogP contribution in [0.3, 0.4) is 0 Å². The summed E-state index contributed by atoms with van der Waals surface area (Å²) in [7, 11) is 0. The van der Waals surface area contributed by atoms with Gasteiger partial charge in [-0.3, -0.25) is 0 Å². The van der Waals surface area contributed by atoms with Gasteiger partial charge in [0, 0.05) is 0 Å². The quantitative estimate of drug-likeness (QED) is 0.369. The second-order valence-corrected chi connectivity index (χ2v) is 18.6. The van der Waals surface area contributed by atoms with Gasteiger partial charge < -0.3 is 0 Å². The summed E-state index contributed by atoms with van der Waals surface area (Å²) in [6, 6.07) is 10.2. The van der Waals surface area contributed by atoms with Crippen molar-refractivity contribution in [3.63, 3.8) is 0 Å². The molecule has 0 fully saturated rings. The lowest BCUT2D eigenvalue weighted by atomic mass is 9.67. The van der Waals surface area contributed by atoms with E-state index in [1.807, 2.05) is 0 Å². The van der Waals surface area contributed by atoms with Crippen LogP contribution in [-0.2, 0) is 38.9 Å². The molecule has 0 amide bonds. The highest BCUT2D eigenvalue weighted by atomic mass is 14.4. The van der Waals surface area contributed by atoms with Crippen molar-refractivity contribution in [2.75, 3.05) is 0 Å². The van der Waals surface area contributed by atoms with Gasteiger partial charge in [0.25, 0.3) is 0 Å². The zero-order valence-corrected chi connectivity index (χ0v) is 29.6. The lowest BCUT2D eigenvalue weighted by Crippen LogP contribution is -2.28. The number of rotatable bonds is 3.